The van der Waals surface area contributed by atoms with Crippen LogP contribution in [0.15, 0.2) is 46.9 Å². The van der Waals surface area contributed by atoms with Crippen molar-refractivity contribution in [1.29, 1.82) is 0 Å². The molecular weight excluding hydrogens is 287 g/mol. The van der Waals surface area contributed by atoms with Crippen LogP contribution < -0.4 is 5.32 Å². The molecule has 1 N–H and O–H groups in total. The normalized spacial score (nSPS) is 10.0. The molecule has 0 unspecified atom stereocenters. The van der Waals surface area contributed by atoms with Crippen LogP contribution in [0.4, 0.5) is 10.1 Å². The second kappa shape index (κ2) is 5.05. The van der Waals surface area contributed by atoms with E-state index in [2.05, 4.69) is 26.2 Å². The summed E-state index contributed by atoms with van der Waals surface area (Å²) in [4.78, 5) is 15.2. The predicted octanol–water partition coefficient (Wildman–Crippen LogP) is 3.24. The van der Waals surface area contributed by atoms with Crippen molar-refractivity contribution in [3.8, 4) is 0 Å². The van der Waals surface area contributed by atoms with E-state index in [4.69, 9.17) is 0 Å². The fourth-order valence-electron chi connectivity index (χ4n) is 1.30. The second-order valence-electron chi connectivity index (χ2n) is 3.31. The van der Waals surface area contributed by atoms with E-state index in [1.54, 1.807) is 18.2 Å². The fraction of sp³-hybridized carbons (Fsp3) is 0. The predicted molar refractivity (Wildman–Crippen MR) is 66.3 cm³/mol. The van der Waals surface area contributed by atoms with E-state index in [0.717, 1.165) is 4.47 Å². The maximum absolute atomic E-state index is 12.8. The van der Waals surface area contributed by atoms with Crippen LogP contribution in [0.2, 0.25) is 0 Å². The Kier molecular flexibility index (Phi) is 3.49. The van der Waals surface area contributed by atoms with Gasteiger partial charge in [0.25, 0.3) is 5.91 Å². The van der Waals surface area contributed by atoms with Crippen LogP contribution in [-0.2, 0) is 0 Å². The van der Waals surface area contributed by atoms with Gasteiger partial charge in [0.2, 0.25) is 5.95 Å². The van der Waals surface area contributed by atoms with Gasteiger partial charge in [-0.05, 0) is 30.3 Å². The SMILES string of the molecule is O=C(Nc1cccc(Br)c1)c1cccc(F)n1. The standard InChI is InChI=1S/C12H8BrFN2O/c13-8-3-1-4-9(7-8)15-12(17)10-5-2-6-11(14)16-10/h1-7H,(H,15,17). The third-order valence-electron chi connectivity index (χ3n) is 2.03. The number of pyridine rings is 1. The van der Waals surface area contributed by atoms with Gasteiger partial charge in [0.15, 0.2) is 0 Å². The zero-order valence-corrected chi connectivity index (χ0v) is 10.2. The highest BCUT2D eigenvalue weighted by atomic mass is 79.9. The highest BCUT2D eigenvalue weighted by Crippen LogP contribution is 2.16. The lowest BCUT2D eigenvalue weighted by Crippen LogP contribution is -2.14. The zero-order valence-electron chi connectivity index (χ0n) is 8.65. The van der Waals surface area contributed by atoms with Crippen LogP contribution in [0.5, 0.6) is 0 Å². The molecule has 1 amide bonds. The first-order valence-corrected chi connectivity index (χ1v) is 5.64. The number of benzene rings is 1. The van der Waals surface area contributed by atoms with Gasteiger partial charge in [-0.1, -0.05) is 28.1 Å². The highest BCUT2D eigenvalue weighted by Gasteiger charge is 2.08. The molecule has 1 heterocycles. The molecule has 0 atom stereocenters. The number of amides is 1. The summed E-state index contributed by atoms with van der Waals surface area (Å²) in [5.41, 5.74) is 0.667. The molecule has 5 heteroatoms. The van der Waals surface area contributed by atoms with Crippen LogP contribution in [0.3, 0.4) is 0 Å². The second-order valence-corrected chi connectivity index (χ2v) is 4.23. The molecule has 2 aromatic rings. The molecule has 0 aliphatic heterocycles. The van der Waals surface area contributed by atoms with Gasteiger partial charge in [0.1, 0.15) is 5.69 Å². The van der Waals surface area contributed by atoms with Gasteiger partial charge < -0.3 is 5.32 Å². The Bertz CT molecular complexity index is 560. The summed E-state index contributed by atoms with van der Waals surface area (Å²) in [5, 5.41) is 2.63. The number of rotatable bonds is 2. The van der Waals surface area contributed by atoms with Gasteiger partial charge in [-0.15, -0.1) is 0 Å². The molecule has 1 aromatic heterocycles. The van der Waals surface area contributed by atoms with Crippen molar-refractivity contribution in [2.75, 3.05) is 5.32 Å². The Morgan fingerprint density at radius 2 is 2.00 bits per heavy atom. The van der Waals surface area contributed by atoms with Gasteiger partial charge in [-0.2, -0.15) is 4.39 Å². The lowest BCUT2D eigenvalue weighted by atomic mass is 10.3. The minimum Gasteiger partial charge on any atom is -0.321 e. The number of halogens is 2. The van der Waals surface area contributed by atoms with Crippen LogP contribution >= 0.6 is 15.9 Å². The quantitative estimate of drug-likeness (QED) is 0.864. The van der Waals surface area contributed by atoms with Crippen molar-refractivity contribution in [2.45, 2.75) is 0 Å². The van der Waals surface area contributed by atoms with Crippen molar-refractivity contribution in [2.24, 2.45) is 0 Å². The summed E-state index contributed by atoms with van der Waals surface area (Å²) in [6.45, 7) is 0. The van der Waals surface area contributed by atoms with Gasteiger partial charge in [0.05, 0.1) is 0 Å². The van der Waals surface area contributed by atoms with Crippen LogP contribution in [0, 0.1) is 5.95 Å². The molecule has 0 fully saturated rings. The van der Waals surface area contributed by atoms with Crippen LogP contribution in [0.1, 0.15) is 10.5 Å². The third kappa shape index (κ3) is 3.10. The molecule has 1 aromatic carbocycles. The molecule has 86 valence electrons. The maximum atomic E-state index is 12.8. The monoisotopic (exact) mass is 294 g/mol. The average Bonchev–Trinajstić information content (AvgIpc) is 2.29. The summed E-state index contributed by atoms with van der Waals surface area (Å²) < 4.78 is 13.7. The van der Waals surface area contributed by atoms with E-state index in [1.807, 2.05) is 6.07 Å². The average molecular weight is 295 g/mol. The molecule has 0 aliphatic rings. The topological polar surface area (TPSA) is 42.0 Å². The minimum atomic E-state index is -0.674. The maximum Gasteiger partial charge on any atom is 0.274 e. The smallest absolute Gasteiger partial charge is 0.274 e. The number of aromatic nitrogens is 1. The van der Waals surface area contributed by atoms with Crippen molar-refractivity contribution in [3.05, 3.63) is 58.6 Å². The number of nitrogens with one attached hydrogen (secondary N) is 1. The molecule has 0 radical (unpaired) electrons. The Labute approximate surface area is 106 Å². The van der Waals surface area contributed by atoms with E-state index < -0.39 is 11.9 Å². The summed E-state index contributed by atoms with van der Waals surface area (Å²) in [6.07, 6.45) is 0. The molecule has 0 spiro atoms. The van der Waals surface area contributed by atoms with E-state index in [-0.39, 0.29) is 5.69 Å². The van der Waals surface area contributed by atoms with Gasteiger partial charge in [-0.3, -0.25) is 4.79 Å². The van der Waals surface area contributed by atoms with Crippen molar-refractivity contribution >= 4 is 27.5 Å². The lowest BCUT2D eigenvalue weighted by Gasteiger charge is -2.04. The minimum absolute atomic E-state index is 0.0463. The molecule has 0 saturated carbocycles. The number of hydrogen-bond donors (Lipinski definition) is 1. The van der Waals surface area contributed by atoms with E-state index in [0.29, 0.717) is 5.69 Å². The molecular formula is C12H8BrFN2O. The Balaban J connectivity index is 2.17. The van der Waals surface area contributed by atoms with Crippen molar-refractivity contribution in [1.82, 2.24) is 4.98 Å². The molecule has 2 rings (SSSR count). The van der Waals surface area contributed by atoms with Crippen LogP contribution in [0.25, 0.3) is 0 Å². The summed E-state index contributed by atoms with van der Waals surface area (Å²) >= 11 is 3.29. The first kappa shape index (κ1) is 11.7. The van der Waals surface area contributed by atoms with E-state index in [1.165, 1.54) is 18.2 Å². The lowest BCUT2D eigenvalue weighted by molar-refractivity contribution is 0.102. The first-order chi connectivity index (χ1) is 8.15. The largest absolute Gasteiger partial charge is 0.321 e. The Morgan fingerprint density at radius 3 is 2.71 bits per heavy atom. The molecule has 17 heavy (non-hydrogen) atoms. The van der Waals surface area contributed by atoms with E-state index in [9.17, 15) is 9.18 Å². The molecule has 0 aliphatic carbocycles. The summed E-state index contributed by atoms with van der Waals surface area (Å²) in [6, 6.07) is 11.2. The van der Waals surface area contributed by atoms with Gasteiger partial charge in [0, 0.05) is 10.2 Å². The van der Waals surface area contributed by atoms with Crippen molar-refractivity contribution < 1.29 is 9.18 Å². The number of nitrogens with zero attached hydrogens (tertiary/aromatic N) is 1. The summed E-state index contributed by atoms with van der Waals surface area (Å²) in [5.74, 6) is -1.12. The summed E-state index contributed by atoms with van der Waals surface area (Å²) in [7, 11) is 0. The number of carbonyl (C=O) groups is 1. The molecule has 3 nitrogen and oxygen atoms in total. The third-order valence-corrected chi connectivity index (χ3v) is 2.52. The zero-order chi connectivity index (χ0) is 12.3. The Hall–Kier alpha value is -1.75. The molecule has 0 bridgehead atoms. The van der Waals surface area contributed by atoms with Gasteiger partial charge in [-0.25, -0.2) is 4.98 Å². The number of hydrogen-bond acceptors (Lipinski definition) is 2. The molecule has 0 saturated heterocycles. The number of anilines is 1. The first-order valence-electron chi connectivity index (χ1n) is 4.84. The van der Waals surface area contributed by atoms with Gasteiger partial charge >= 0.3 is 0 Å². The van der Waals surface area contributed by atoms with E-state index >= 15 is 0 Å². The van der Waals surface area contributed by atoms with Crippen LogP contribution in [-0.4, -0.2) is 10.9 Å². The van der Waals surface area contributed by atoms with Crippen molar-refractivity contribution in [3.63, 3.8) is 0 Å². The number of carbonyl (C=O) groups excluding carboxylic acids is 1. The Morgan fingerprint density at radius 1 is 1.24 bits per heavy atom. The highest BCUT2D eigenvalue weighted by molar-refractivity contribution is 9.10. The fourth-order valence-corrected chi connectivity index (χ4v) is 1.70.